The molecular formula is C23H22N2O3S. The first-order chi connectivity index (χ1) is 13.9. The lowest BCUT2D eigenvalue weighted by Gasteiger charge is -2.26. The molecule has 1 aromatic heterocycles. The maximum Gasteiger partial charge on any atom is 0.257 e. The second-order valence-corrected chi connectivity index (χ2v) is 8.99. The summed E-state index contributed by atoms with van der Waals surface area (Å²) in [6.07, 6.45) is 1.26. The smallest absolute Gasteiger partial charge is 0.257 e. The molecule has 0 aliphatic heterocycles. The summed E-state index contributed by atoms with van der Waals surface area (Å²) in [4.78, 5) is 30.0. The van der Waals surface area contributed by atoms with Gasteiger partial charge in [-0.25, -0.2) is 4.98 Å². The van der Waals surface area contributed by atoms with E-state index in [1.165, 1.54) is 11.3 Å². The van der Waals surface area contributed by atoms with Gasteiger partial charge in [0.15, 0.2) is 10.9 Å². The molecule has 3 aromatic rings. The molecule has 6 heteroatoms. The Kier molecular flexibility index (Phi) is 5.20. The molecule has 0 saturated carbocycles. The maximum absolute atomic E-state index is 12.6. The first-order valence-corrected chi connectivity index (χ1v) is 10.3. The summed E-state index contributed by atoms with van der Waals surface area (Å²) in [5.74, 6) is 0.676. The predicted octanol–water partition coefficient (Wildman–Crippen LogP) is 5.13. The molecule has 148 valence electrons. The molecule has 29 heavy (non-hydrogen) atoms. The van der Waals surface area contributed by atoms with Gasteiger partial charge in [-0.2, -0.15) is 0 Å². The highest BCUT2D eigenvalue weighted by molar-refractivity contribution is 7.17. The van der Waals surface area contributed by atoms with Crippen LogP contribution in [-0.4, -0.2) is 16.7 Å². The van der Waals surface area contributed by atoms with Crippen LogP contribution in [0.25, 0.3) is 0 Å². The number of carbonyl (C=O) groups excluding carboxylic acids is 2. The summed E-state index contributed by atoms with van der Waals surface area (Å²) in [6.45, 7) is 4.56. The van der Waals surface area contributed by atoms with Crippen LogP contribution in [0.3, 0.4) is 0 Å². The van der Waals surface area contributed by atoms with Gasteiger partial charge in [-0.05, 0) is 41.7 Å². The Labute approximate surface area is 173 Å². The number of ether oxygens (including phenoxy) is 1. The van der Waals surface area contributed by atoms with Crippen LogP contribution in [0.5, 0.6) is 5.75 Å². The van der Waals surface area contributed by atoms with Crippen LogP contribution in [0.15, 0.2) is 54.6 Å². The van der Waals surface area contributed by atoms with Gasteiger partial charge in [-0.3, -0.25) is 14.9 Å². The quantitative estimate of drug-likeness (QED) is 0.638. The van der Waals surface area contributed by atoms with Gasteiger partial charge in [0, 0.05) is 12.0 Å². The molecule has 1 aliphatic rings. The van der Waals surface area contributed by atoms with Crippen LogP contribution in [0, 0.1) is 5.41 Å². The maximum atomic E-state index is 12.6. The van der Waals surface area contributed by atoms with Gasteiger partial charge in [-0.15, -0.1) is 0 Å². The van der Waals surface area contributed by atoms with Gasteiger partial charge in [-0.1, -0.05) is 55.5 Å². The zero-order valence-corrected chi connectivity index (χ0v) is 17.2. The molecule has 0 radical (unpaired) electrons. The number of anilines is 1. The molecule has 1 aliphatic carbocycles. The Bertz CT molecular complexity index is 1040. The standard InChI is InChI=1S/C23H22N2O3S/c1-23(2)12-18-20(19(26)13-23)29-22(24-18)25-21(27)16-10-8-15(9-11-16)14-28-17-6-4-3-5-7-17/h3-11H,12-14H2,1-2H3,(H,24,25,27). The number of nitrogens with one attached hydrogen (secondary N) is 1. The molecule has 0 atom stereocenters. The molecule has 0 bridgehead atoms. The largest absolute Gasteiger partial charge is 0.489 e. The minimum atomic E-state index is -0.238. The second-order valence-electron chi connectivity index (χ2n) is 7.99. The summed E-state index contributed by atoms with van der Waals surface area (Å²) in [7, 11) is 0. The number of aromatic nitrogens is 1. The van der Waals surface area contributed by atoms with Crippen molar-refractivity contribution in [2.24, 2.45) is 5.41 Å². The van der Waals surface area contributed by atoms with Gasteiger partial charge >= 0.3 is 0 Å². The van der Waals surface area contributed by atoms with Crippen molar-refractivity contribution < 1.29 is 14.3 Å². The number of para-hydroxylation sites is 1. The van der Waals surface area contributed by atoms with Gasteiger partial charge in [0.05, 0.1) is 10.6 Å². The summed E-state index contributed by atoms with van der Waals surface area (Å²) in [5.41, 5.74) is 2.22. The third-order valence-corrected chi connectivity index (χ3v) is 5.88. The van der Waals surface area contributed by atoms with Crippen molar-refractivity contribution in [2.75, 3.05) is 5.32 Å². The van der Waals surface area contributed by atoms with Gasteiger partial charge in [0.25, 0.3) is 5.91 Å². The highest BCUT2D eigenvalue weighted by atomic mass is 32.1. The summed E-state index contributed by atoms with van der Waals surface area (Å²) >= 11 is 1.26. The SMILES string of the molecule is CC1(C)CC(=O)c2sc(NC(=O)c3ccc(COc4ccccc4)cc3)nc2C1. The number of carbonyl (C=O) groups is 2. The minimum Gasteiger partial charge on any atom is -0.489 e. The molecule has 0 fully saturated rings. The Morgan fingerprint density at radius 1 is 1.10 bits per heavy atom. The number of nitrogens with zero attached hydrogens (tertiary/aromatic N) is 1. The summed E-state index contributed by atoms with van der Waals surface area (Å²) < 4.78 is 5.72. The predicted molar refractivity (Wildman–Crippen MR) is 114 cm³/mol. The number of thiazole rings is 1. The number of fused-ring (bicyclic) bond motifs is 1. The third kappa shape index (κ3) is 4.54. The molecule has 2 aromatic carbocycles. The van der Waals surface area contributed by atoms with Crippen molar-refractivity contribution in [3.63, 3.8) is 0 Å². The molecule has 4 rings (SSSR count). The normalized spacial score (nSPS) is 14.9. The molecule has 1 heterocycles. The average Bonchev–Trinajstić information content (AvgIpc) is 3.09. The minimum absolute atomic E-state index is 0.0862. The van der Waals surface area contributed by atoms with Crippen LogP contribution in [0.1, 0.15) is 51.6 Å². The lowest BCUT2D eigenvalue weighted by Crippen LogP contribution is -2.26. The fourth-order valence-electron chi connectivity index (χ4n) is 3.38. The van der Waals surface area contributed by atoms with E-state index < -0.39 is 0 Å². The fraction of sp³-hybridized carbons (Fsp3) is 0.261. The highest BCUT2D eigenvalue weighted by Crippen LogP contribution is 2.38. The second kappa shape index (κ2) is 7.79. The van der Waals surface area contributed by atoms with E-state index in [9.17, 15) is 9.59 Å². The summed E-state index contributed by atoms with van der Waals surface area (Å²) in [6, 6.07) is 16.9. The Hall–Kier alpha value is -2.99. The molecular weight excluding hydrogens is 384 g/mol. The van der Waals surface area contributed by atoms with Crippen LogP contribution in [0.2, 0.25) is 0 Å². The monoisotopic (exact) mass is 406 g/mol. The number of hydrogen-bond donors (Lipinski definition) is 1. The van der Waals surface area contributed by atoms with E-state index in [2.05, 4.69) is 24.1 Å². The molecule has 0 spiro atoms. The number of ketones is 1. The van der Waals surface area contributed by atoms with E-state index in [1.807, 2.05) is 42.5 Å². The number of amides is 1. The van der Waals surface area contributed by atoms with Crippen LogP contribution in [-0.2, 0) is 13.0 Å². The van der Waals surface area contributed by atoms with Crippen molar-refractivity contribution in [1.29, 1.82) is 0 Å². The van der Waals surface area contributed by atoms with E-state index in [0.29, 0.717) is 28.6 Å². The number of Topliss-reactive ketones (excluding diaryl/α,β-unsaturated/α-hetero) is 1. The van der Waals surface area contributed by atoms with E-state index in [1.54, 1.807) is 12.1 Å². The van der Waals surface area contributed by atoms with E-state index >= 15 is 0 Å². The molecule has 0 saturated heterocycles. The molecule has 0 unspecified atom stereocenters. The van der Waals surface area contributed by atoms with Crippen molar-refractivity contribution in [3.05, 3.63) is 76.3 Å². The van der Waals surface area contributed by atoms with Crippen LogP contribution < -0.4 is 10.1 Å². The number of hydrogen-bond acceptors (Lipinski definition) is 5. The van der Waals surface area contributed by atoms with Gasteiger partial charge in [0.1, 0.15) is 12.4 Å². The zero-order valence-electron chi connectivity index (χ0n) is 16.4. The lowest BCUT2D eigenvalue weighted by molar-refractivity contribution is 0.0915. The first-order valence-electron chi connectivity index (χ1n) is 9.51. The van der Waals surface area contributed by atoms with Gasteiger partial charge < -0.3 is 4.74 Å². The number of rotatable bonds is 5. The van der Waals surface area contributed by atoms with Crippen molar-refractivity contribution in [1.82, 2.24) is 4.98 Å². The fourth-order valence-corrected chi connectivity index (χ4v) is 4.29. The van der Waals surface area contributed by atoms with Gasteiger partial charge in [0.2, 0.25) is 0 Å². The van der Waals surface area contributed by atoms with E-state index in [0.717, 1.165) is 23.4 Å². The average molecular weight is 407 g/mol. The molecule has 5 nitrogen and oxygen atoms in total. The van der Waals surface area contributed by atoms with E-state index in [4.69, 9.17) is 4.74 Å². The Balaban J connectivity index is 1.40. The summed E-state index contributed by atoms with van der Waals surface area (Å²) in [5, 5.41) is 3.30. The first kappa shape index (κ1) is 19.3. The molecule has 1 N–H and O–H groups in total. The van der Waals surface area contributed by atoms with Crippen LogP contribution >= 0.6 is 11.3 Å². The topological polar surface area (TPSA) is 68.3 Å². The third-order valence-electron chi connectivity index (χ3n) is 4.82. The Morgan fingerprint density at radius 2 is 1.83 bits per heavy atom. The van der Waals surface area contributed by atoms with Crippen molar-refractivity contribution in [3.8, 4) is 5.75 Å². The zero-order chi connectivity index (χ0) is 20.4. The van der Waals surface area contributed by atoms with Crippen molar-refractivity contribution >= 4 is 28.2 Å². The van der Waals surface area contributed by atoms with Crippen LogP contribution in [0.4, 0.5) is 5.13 Å². The number of benzene rings is 2. The molecule has 1 amide bonds. The Morgan fingerprint density at radius 3 is 2.55 bits per heavy atom. The van der Waals surface area contributed by atoms with Crippen molar-refractivity contribution in [2.45, 2.75) is 33.3 Å². The van der Waals surface area contributed by atoms with E-state index in [-0.39, 0.29) is 17.1 Å². The lowest BCUT2D eigenvalue weighted by atomic mass is 9.78. The highest BCUT2D eigenvalue weighted by Gasteiger charge is 2.34.